The summed E-state index contributed by atoms with van der Waals surface area (Å²) in [6, 6.07) is 12.1. The van der Waals surface area contributed by atoms with Gasteiger partial charge in [0.2, 0.25) is 0 Å². The molecule has 0 heterocycles. The first-order valence-corrected chi connectivity index (χ1v) is 8.02. The summed E-state index contributed by atoms with van der Waals surface area (Å²) in [6.45, 7) is 5.03. The summed E-state index contributed by atoms with van der Waals surface area (Å²) >= 11 is 15.9. The number of aryl methyl sites for hydroxylation is 1. The second-order valence-electron chi connectivity index (χ2n) is 4.67. The van der Waals surface area contributed by atoms with E-state index in [2.05, 4.69) is 53.3 Å². The van der Waals surface area contributed by atoms with Gasteiger partial charge in [0.1, 0.15) is 0 Å². The van der Waals surface area contributed by atoms with Crippen LogP contribution in [0, 0.1) is 6.92 Å². The minimum atomic E-state index is 0.0663. The molecule has 0 saturated carbocycles. The highest BCUT2D eigenvalue weighted by atomic mass is 79.9. The number of hydrogen-bond acceptors (Lipinski definition) is 1. The molecule has 20 heavy (non-hydrogen) atoms. The number of benzene rings is 2. The summed E-state index contributed by atoms with van der Waals surface area (Å²) in [5, 5.41) is 4.82. The van der Waals surface area contributed by atoms with E-state index < -0.39 is 0 Å². The van der Waals surface area contributed by atoms with Gasteiger partial charge in [-0.3, -0.25) is 0 Å². The highest BCUT2D eigenvalue weighted by Gasteiger charge is 2.16. The van der Waals surface area contributed by atoms with Crippen molar-refractivity contribution in [1.29, 1.82) is 0 Å². The van der Waals surface area contributed by atoms with Crippen LogP contribution in [0.1, 0.15) is 29.7 Å². The fourth-order valence-corrected chi connectivity index (χ4v) is 2.96. The van der Waals surface area contributed by atoms with Crippen molar-refractivity contribution in [2.24, 2.45) is 0 Å². The third-order valence-electron chi connectivity index (χ3n) is 3.20. The first kappa shape index (κ1) is 15.8. The Morgan fingerprint density at radius 1 is 1.15 bits per heavy atom. The Kier molecular flexibility index (Phi) is 5.50. The van der Waals surface area contributed by atoms with E-state index in [1.807, 2.05) is 12.1 Å². The van der Waals surface area contributed by atoms with Crippen LogP contribution < -0.4 is 5.32 Å². The molecule has 1 unspecified atom stereocenters. The van der Waals surface area contributed by atoms with Gasteiger partial charge in [0.05, 0.1) is 6.04 Å². The van der Waals surface area contributed by atoms with E-state index in [1.165, 1.54) is 11.1 Å². The summed E-state index contributed by atoms with van der Waals surface area (Å²) < 4.78 is 1.11. The van der Waals surface area contributed by atoms with E-state index >= 15 is 0 Å². The Morgan fingerprint density at radius 2 is 1.90 bits per heavy atom. The molecule has 2 aromatic rings. The summed E-state index contributed by atoms with van der Waals surface area (Å²) in [6.07, 6.45) is 0. The zero-order valence-corrected chi connectivity index (χ0v) is 14.5. The van der Waals surface area contributed by atoms with Gasteiger partial charge in [-0.25, -0.2) is 0 Å². The van der Waals surface area contributed by atoms with E-state index in [4.69, 9.17) is 23.2 Å². The Balaban J connectivity index is 2.47. The van der Waals surface area contributed by atoms with E-state index in [0.717, 1.165) is 16.6 Å². The van der Waals surface area contributed by atoms with Crippen LogP contribution in [0.2, 0.25) is 10.0 Å². The molecule has 0 aliphatic heterocycles. The molecule has 0 amide bonds. The lowest BCUT2D eigenvalue weighted by Gasteiger charge is -2.21. The predicted octanol–water partition coefficient (Wildman–Crippen LogP) is 5.76. The Morgan fingerprint density at radius 3 is 2.50 bits per heavy atom. The molecule has 0 radical (unpaired) electrons. The molecule has 4 heteroatoms. The Labute approximate surface area is 138 Å². The molecule has 1 nitrogen and oxygen atoms in total. The molecule has 0 aliphatic carbocycles. The van der Waals surface area contributed by atoms with Crippen LogP contribution in [-0.2, 0) is 0 Å². The molecule has 0 fully saturated rings. The van der Waals surface area contributed by atoms with Crippen molar-refractivity contribution in [3.63, 3.8) is 0 Å². The SMILES string of the molecule is CCNC(c1ccc(Br)c(C)c1)c1ccc(Cl)cc1Cl. The van der Waals surface area contributed by atoms with Crippen molar-refractivity contribution in [3.05, 3.63) is 67.6 Å². The highest BCUT2D eigenvalue weighted by molar-refractivity contribution is 9.10. The van der Waals surface area contributed by atoms with Crippen molar-refractivity contribution < 1.29 is 0 Å². The lowest BCUT2D eigenvalue weighted by Crippen LogP contribution is -2.22. The summed E-state index contributed by atoms with van der Waals surface area (Å²) in [7, 11) is 0. The zero-order chi connectivity index (χ0) is 14.7. The molecule has 0 aromatic heterocycles. The molecule has 0 bridgehead atoms. The van der Waals surface area contributed by atoms with Crippen LogP contribution in [0.3, 0.4) is 0 Å². The van der Waals surface area contributed by atoms with Gasteiger partial charge in [-0.1, -0.05) is 64.3 Å². The molecule has 106 valence electrons. The first-order valence-electron chi connectivity index (χ1n) is 6.47. The molecule has 1 atom stereocenters. The number of nitrogens with one attached hydrogen (secondary N) is 1. The van der Waals surface area contributed by atoms with E-state index in [0.29, 0.717) is 10.0 Å². The molecular formula is C16H16BrCl2N. The van der Waals surface area contributed by atoms with Crippen LogP contribution in [0.5, 0.6) is 0 Å². The second-order valence-corrected chi connectivity index (χ2v) is 6.36. The third-order valence-corrected chi connectivity index (χ3v) is 4.65. The zero-order valence-electron chi connectivity index (χ0n) is 11.4. The van der Waals surface area contributed by atoms with Crippen molar-refractivity contribution in [1.82, 2.24) is 5.32 Å². The van der Waals surface area contributed by atoms with Gasteiger partial charge in [-0.2, -0.15) is 0 Å². The van der Waals surface area contributed by atoms with Gasteiger partial charge in [0.15, 0.2) is 0 Å². The molecule has 0 spiro atoms. The molecule has 1 N–H and O–H groups in total. The average molecular weight is 373 g/mol. The maximum absolute atomic E-state index is 6.35. The quantitative estimate of drug-likeness (QED) is 0.718. The van der Waals surface area contributed by atoms with E-state index in [1.54, 1.807) is 6.07 Å². The topological polar surface area (TPSA) is 12.0 Å². The maximum atomic E-state index is 6.35. The highest BCUT2D eigenvalue weighted by Crippen LogP contribution is 2.32. The largest absolute Gasteiger partial charge is 0.306 e. The molecule has 2 rings (SSSR count). The van der Waals surface area contributed by atoms with Crippen molar-refractivity contribution >= 4 is 39.1 Å². The smallest absolute Gasteiger partial charge is 0.0591 e. The van der Waals surface area contributed by atoms with E-state index in [9.17, 15) is 0 Å². The summed E-state index contributed by atoms with van der Waals surface area (Å²) in [5.41, 5.74) is 3.44. The van der Waals surface area contributed by atoms with Gasteiger partial charge in [-0.05, 0) is 48.4 Å². The summed E-state index contributed by atoms with van der Waals surface area (Å²) in [4.78, 5) is 0. The fourth-order valence-electron chi connectivity index (χ4n) is 2.19. The number of rotatable bonds is 4. The number of halogens is 3. The Hall–Kier alpha value is -0.540. The first-order chi connectivity index (χ1) is 9.52. The second kappa shape index (κ2) is 6.95. The van der Waals surface area contributed by atoms with Crippen molar-refractivity contribution in [2.45, 2.75) is 19.9 Å². The molecule has 0 saturated heterocycles. The Bertz CT molecular complexity index is 613. The van der Waals surface area contributed by atoms with Crippen molar-refractivity contribution in [2.75, 3.05) is 6.54 Å². The fraction of sp³-hybridized carbons (Fsp3) is 0.250. The third kappa shape index (κ3) is 3.56. The standard InChI is InChI=1S/C16H16BrCl2N/c1-3-20-16(11-4-7-14(17)10(2)8-11)13-6-5-12(18)9-15(13)19/h4-9,16,20H,3H2,1-2H3. The van der Waals surface area contributed by atoms with Crippen LogP contribution in [0.15, 0.2) is 40.9 Å². The molecular weight excluding hydrogens is 357 g/mol. The summed E-state index contributed by atoms with van der Waals surface area (Å²) in [5.74, 6) is 0. The lowest BCUT2D eigenvalue weighted by atomic mass is 9.97. The van der Waals surface area contributed by atoms with Crippen LogP contribution in [0.25, 0.3) is 0 Å². The predicted molar refractivity (Wildman–Crippen MR) is 90.9 cm³/mol. The van der Waals surface area contributed by atoms with Crippen LogP contribution in [-0.4, -0.2) is 6.54 Å². The normalized spacial score (nSPS) is 12.4. The van der Waals surface area contributed by atoms with Crippen LogP contribution in [0.4, 0.5) is 0 Å². The van der Waals surface area contributed by atoms with Crippen molar-refractivity contribution in [3.8, 4) is 0 Å². The molecule has 0 aliphatic rings. The van der Waals surface area contributed by atoms with Gasteiger partial charge < -0.3 is 5.32 Å². The lowest BCUT2D eigenvalue weighted by molar-refractivity contribution is 0.630. The van der Waals surface area contributed by atoms with Gasteiger partial charge in [0.25, 0.3) is 0 Å². The van der Waals surface area contributed by atoms with Gasteiger partial charge >= 0.3 is 0 Å². The minimum Gasteiger partial charge on any atom is -0.306 e. The number of hydrogen-bond donors (Lipinski definition) is 1. The monoisotopic (exact) mass is 371 g/mol. The van der Waals surface area contributed by atoms with E-state index in [-0.39, 0.29) is 6.04 Å². The van der Waals surface area contributed by atoms with Gasteiger partial charge in [0, 0.05) is 14.5 Å². The molecule has 2 aromatic carbocycles. The van der Waals surface area contributed by atoms with Crippen LogP contribution >= 0.6 is 39.1 Å². The maximum Gasteiger partial charge on any atom is 0.0591 e. The van der Waals surface area contributed by atoms with Gasteiger partial charge in [-0.15, -0.1) is 0 Å². The average Bonchev–Trinajstić information content (AvgIpc) is 2.40. The minimum absolute atomic E-state index is 0.0663.